The Labute approximate surface area is 87.6 Å². The van der Waals surface area contributed by atoms with E-state index in [4.69, 9.17) is 16.6 Å². The second-order valence-electron chi connectivity index (χ2n) is 3.29. The summed E-state index contributed by atoms with van der Waals surface area (Å²) in [5, 5.41) is 8.38. The maximum absolute atomic E-state index is 11.4. The molecule has 0 radical (unpaired) electrons. The number of carbonyl (C=O) groups excluding carboxylic acids is 2. The highest BCUT2D eigenvalue weighted by molar-refractivity contribution is 5.89. The summed E-state index contributed by atoms with van der Waals surface area (Å²) < 4.78 is 0. The van der Waals surface area contributed by atoms with Gasteiger partial charge in [-0.3, -0.25) is 9.59 Å². The molecule has 0 saturated heterocycles. The lowest BCUT2D eigenvalue weighted by Crippen LogP contribution is -2.43. The fourth-order valence-corrected chi connectivity index (χ4v) is 1.09. The number of rotatable bonds is 8. The van der Waals surface area contributed by atoms with E-state index < -0.39 is 23.8 Å². The van der Waals surface area contributed by atoms with E-state index >= 15 is 0 Å². The molecule has 0 heterocycles. The monoisotopic (exact) mass is 216 g/mol. The molecule has 0 rings (SSSR count). The molecular formula is C9H16N2O4. The molecule has 0 aromatic carbocycles. The minimum atomic E-state index is -1.00. The number of ketones is 1. The number of carboxylic acids is 1. The summed E-state index contributed by atoms with van der Waals surface area (Å²) in [5.41, 5.74) is 10.9. The lowest BCUT2D eigenvalue weighted by atomic mass is 9.99. The quantitative estimate of drug-likeness (QED) is 0.449. The summed E-state index contributed by atoms with van der Waals surface area (Å²) in [7, 11) is 0. The van der Waals surface area contributed by atoms with Crippen LogP contribution in [0.1, 0.15) is 25.7 Å². The highest BCUT2D eigenvalue weighted by atomic mass is 16.4. The van der Waals surface area contributed by atoms with E-state index in [0.717, 1.165) is 0 Å². The van der Waals surface area contributed by atoms with E-state index in [2.05, 4.69) is 0 Å². The predicted molar refractivity (Wildman–Crippen MR) is 53.1 cm³/mol. The van der Waals surface area contributed by atoms with Crippen molar-refractivity contribution < 1.29 is 19.5 Å². The number of aldehydes is 1. The van der Waals surface area contributed by atoms with Gasteiger partial charge >= 0.3 is 5.97 Å². The average molecular weight is 216 g/mol. The van der Waals surface area contributed by atoms with Crippen molar-refractivity contribution in [3.05, 3.63) is 0 Å². The average Bonchev–Trinajstić information content (AvgIpc) is 2.21. The molecule has 6 heteroatoms. The molecule has 15 heavy (non-hydrogen) atoms. The van der Waals surface area contributed by atoms with E-state index in [1.165, 1.54) is 0 Å². The Morgan fingerprint density at radius 1 is 1.20 bits per heavy atom. The van der Waals surface area contributed by atoms with Gasteiger partial charge in [0.15, 0.2) is 5.78 Å². The van der Waals surface area contributed by atoms with Crippen LogP contribution in [-0.4, -0.2) is 35.2 Å². The predicted octanol–water partition coefficient (Wildman–Crippen LogP) is -0.946. The number of nitrogens with two attached hydrogens (primary N) is 2. The molecule has 0 aromatic heterocycles. The molecule has 0 saturated carbocycles. The molecular weight excluding hydrogens is 200 g/mol. The van der Waals surface area contributed by atoms with Crippen molar-refractivity contribution >= 4 is 18.0 Å². The summed E-state index contributed by atoms with van der Waals surface area (Å²) in [5.74, 6) is -1.39. The van der Waals surface area contributed by atoms with E-state index in [1.54, 1.807) is 0 Å². The zero-order valence-electron chi connectivity index (χ0n) is 8.39. The maximum Gasteiger partial charge on any atom is 0.303 e. The second kappa shape index (κ2) is 7.08. The minimum Gasteiger partial charge on any atom is -0.481 e. The molecule has 0 aliphatic carbocycles. The molecule has 86 valence electrons. The Balaban J connectivity index is 3.95. The summed E-state index contributed by atoms with van der Waals surface area (Å²) in [6.07, 6.45) is 1.05. The molecule has 0 spiro atoms. The lowest BCUT2D eigenvalue weighted by Gasteiger charge is -2.14. The number of carboxylic acid groups (broad SMARTS) is 1. The van der Waals surface area contributed by atoms with Gasteiger partial charge in [-0.15, -0.1) is 0 Å². The SMILES string of the molecule is NC(CCC=O)C(=O)[C@@H](N)CCC(=O)O. The number of aliphatic carboxylic acids is 1. The smallest absolute Gasteiger partial charge is 0.303 e. The maximum atomic E-state index is 11.4. The van der Waals surface area contributed by atoms with Gasteiger partial charge in [-0.05, 0) is 12.8 Å². The van der Waals surface area contributed by atoms with Gasteiger partial charge in [0, 0.05) is 12.8 Å². The molecule has 5 N–H and O–H groups in total. The third-order valence-electron chi connectivity index (χ3n) is 2.00. The van der Waals surface area contributed by atoms with Crippen LogP contribution in [0.3, 0.4) is 0 Å². The molecule has 0 aliphatic heterocycles. The highest BCUT2D eigenvalue weighted by Gasteiger charge is 2.20. The lowest BCUT2D eigenvalue weighted by molar-refractivity contribution is -0.137. The van der Waals surface area contributed by atoms with Crippen molar-refractivity contribution in [1.29, 1.82) is 0 Å². The van der Waals surface area contributed by atoms with Crippen LogP contribution in [0, 0.1) is 0 Å². The number of hydrogen-bond acceptors (Lipinski definition) is 5. The molecule has 0 bridgehead atoms. The van der Waals surface area contributed by atoms with E-state index in [9.17, 15) is 14.4 Å². The standard InChI is InChI=1S/C9H16N2O4/c10-6(2-1-5-12)9(15)7(11)3-4-8(13)14/h5-7H,1-4,10-11H2,(H,13,14)/t6?,7-/m0/s1. The van der Waals surface area contributed by atoms with E-state index in [-0.39, 0.29) is 25.7 Å². The molecule has 0 amide bonds. The van der Waals surface area contributed by atoms with Gasteiger partial charge in [0.2, 0.25) is 0 Å². The minimum absolute atomic E-state index is 0.0724. The Hall–Kier alpha value is -1.27. The van der Waals surface area contributed by atoms with Gasteiger partial charge in [0.1, 0.15) is 6.29 Å². The normalized spacial score (nSPS) is 14.3. The van der Waals surface area contributed by atoms with Crippen molar-refractivity contribution in [3.8, 4) is 0 Å². The molecule has 1 unspecified atom stereocenters. The number of hydrogen-bond donors (Lipinski definition) is 3. The fraction of sp³-hybridized carbons (Fsp3) is 0.667. The Kier molecular flexibility index (Phi) is 6.48. The first-order valence-corrected chi connectivity index (χ1v) is 4.69. The molecule has 6 nitrogen and oxygen atoms in total. The Morgan fingerprint density at radius 3 is 2.20 bits per heavy atom. The van der Waals surface area contributed by atoms with Gasteiger partial charge in [0.25, 0.3) is 0 Å². The van der Waals surface area contributed by atoms with E-state index in [0.29, 0.717) is 6.29 Å². The summed E-state index contributed by atoms with van der Waals surface area (Å²) in [6.45, 7) is 0. The second-order valence-corrected chi connectivity index (χ2v) is 3.29. The van der Waals surface area contributed by atoms with Crippen LogP contribution in [0.5, 0.6) is 0 Å². The first-order valence-electron chi connectivity index (χ1n) is 4.69. The van der Waals surface area contributed by atoms with Crippen molar-refractivity contribution in [1.82, 2.24) is 0 Å². The van der Waals surface area contributed by atoms with Gasteiger partial charge in [-0.2, -0.15) is 0 Å². The first-order chi connectivity index (χ1) is 6.99. The van der Waals surface area contributed by atoms with Crippen LogP contribution in [0.4, 0.5) is 0 Å². The summed E-state index contributed by atoms with van der Waals surface area (Å²) >= 11 is 0. The topological polar surface area (TPSA) is 123 Å². The molecule has 2 atom stereocenters. The third kappa shape index (κ3) is 5.92. The summed E-state index contributed by atoms with van der Waals surface area (Å²) in [4.78, 5) is 31.7. The van der Waals surface area contributed by atoms with Crippen LogP contribution >= 0.6 is 0 Å². The third-order valence-corrected chi connectivity index (χ3v) is 2.00. The van der Waals surface area contributed by atoms with Crippen LogP contribution in [0.25, 0.3) is 0 Å². The fourth-order valence-electron chi connectivity index (χ4n) is 1.09. The molecule has 0 fully saturated rings. The van der Waals surface area contributed by atoms with Crippen molar-refractivity contribution in [2.75, 3.05) is 0 Å². The summed E-state index contributed by atoms with van der Waals surface area (Å²) in [6, 6.07) is -1.64. The van der Waals surface area contributed by atoms with Gasteiger partial charge in [0.05, 0.1) is 12.1 Å². The molecule has 0 aliphatic rings. The van der Waals surface area contributed by atoms with Gasteiger partial charge in [-0.25, -0.2) is 0 Å². The van der Waals surface area contributed by atoms with Crippen LogP contribution < -0.4 is 11.5 Å². The zero-order valence-corrected chi connectivity index (χ0v) is 8.39. The highest BCUT2D eigenvalue weighted by Crippen LogP contribution is 2.02. The Bertz CT molecular complexity index is 242. The van der Waals surface area contributed by atoms with Crippen LogP contribution in [0.2, 0.25) is 0 Å². The van der Waals surface area contributed by atoms with Crippen molar-refractivity contribution in [2.24, 2.45) is 11.5 Å². The van der Waals surface area contributed by atoms with Gasteiger partial charge in [-0.1, -0.05) is 0 Å². The number of Topliss-reactive ketones (excluding diaryl/α,β-unsaturated/α-hetero) is 1. The largest absolute Gasteiger partial charge is 0.481 e. The van der Waals surface area contributed by atoms with Crippen LogP contribution in [-0.2, 0) is 14.4 Å². The first kappa shape index (κ1) is 13.7. The van der Waals surface area contributed by atoms with Crippen molar-refractivity contribution in [3.63, 3.8) is 0 Å². The number of carbonyl (C=O) groups is 3. The van der Waals surface area contributed by atoms with Gasteiger partial charge < -0.3 is 21.4 Å². The zero-order chi connectivity index (χ0) is 11.8. The van der Waals surface area contributed by atoms with Crippen molar-refractivity contribution in [2.45, 2.75) is 37.8 Å². The molecule has 0 aromatic rings. The van der Waals surface area contributed by atoms with Crippen LogP contribution in [0.15, 0.2) is 0 Å². The van der Waals surface area contributed by atoms with E-state index in [1.807, 2.05) is 0 Å². The Morgan fingerprint density at radius 2 is 1.73 bits per heavy atom.